The van der Waals surface area contributed by atoms with Gasteiger partial charge in [0.1, 0.15) is 0 Å². The highest BCUT2D eigenvalue weighted by molar-refractivity contribution is 6.30. The number of benzene rings is 1. The van der Waals surface area contributed by atoms with Crippen LogP contribution in [0.2, 0.25) is 5.02 Å². The molecule has 0 saturated carbocycles. The minimum absolute atomic E-state index is 0.100. The predicted octanol–water partition coefficient (Wildman–Crippen LogP) is 2.45. The number of hydrogen-bond acceptors (Lipinski definition) is 5. The molecule has 0 aliphatic heterocycles. The molecule has 0 aliphatic rings. The van der Waals surface area contributed by atoms with Crippen LogP contribution in [0.3, 0.4) is 0 Å². The number of halogens is 1. The Bertz CT molecular complexity index is 1120. The van der Waals surface area contributed by atoms with Crippen molar-refractivity contribution >= 4 is 22.8 Å². The van der Waals surface area contributed by atoms with Crippen LogP contribution in [-0.2, 0) is 26.1 Å². The van der Waals surface area contributed by atoms with E-state index in [2.05, 4.69) is 4.98 Å². The maximum Gasteiger partial charge on any atom is 0.332 e. The lowest BCUT2D eigenvalue weighted by atomic mass is 10.1. The molecular formula is C21H27ClN4O4. The molecule has 0 aliphatic carbocycles. The fourth-order valence-corrected chi connectivity index (χ4v) is 3.51. The molecule has 1 N–H and O–H groups in total. The summed E-state index contributed by atoms with van der Waals surface area (Å²) in [6.45, 7) is 5.17. The maximum atomic E-state index is 13.2. The van der Waals surface area contributed by atoms with Crippen LogP contribution >= 0.6 is 11.6 Å². The molecule has 0 bridgehead atoms. The Hall–Kier alpha value is -2.58. The Labute approximate surface area is 179 Å². The Kier molecular flexibility index (Phi) is 7.33. The highest BCUT2D eigenvalue weighted by Gasteiger charge is 2.21. The first-order valence-corrected chi connectivity index (χ1v) is 10.6. The molecule has 0 amide bonds. The summed E-state index contributed by atoms with van der Waals surface area (Å²) >= 11 is 5.97. The summed E-state index contributed by atoms with van der Waals surface area (Å²) < 4.78 is 10.2. The molecule has 0 saturated heterocycles. The van der Waals surface area contributed by atoms with E-state index in [0.29, 0.717) is 54.7 Å². The number of aryl methyl sites for hydroxylation is 3. The van der Waals surface area contributed by atoms with Gasteiger partial charge in [0, 0.05) is 31.3 Å². The fourth-order valence-electron chi connectivity index (χ4n) is 3.38. The first-order valence-electron chi connectivity index (χ1n) is 10.2. The van der Waals surface area contributed by atoms with Gasteiger partial charge in [-0.2, -0.15) is 4.98 Å². The summed E-state index contributed by atoms with van der Waals surface area (Å²) in [5.74, 6) is 0. The number of ether oxygens (including phenoxy) is 1. The highest BCUT2D eigenvalue weighted by Crippen LogP contribution is 2.20. The van der Waals surface area contributed by atoms with E-state index >= 15 is 0 Å². The molecule has 1 aromatic carbocycles. The van der Waals surface area contributed by atoms with Crippen molar-refractivity contribution in [2.75, 3.05) is 13.2 Å². The Morgan fingerprint density at radius 1 is 1.07 bits per heavy atom. The number of aliphatic hydroxyl groups is 1. The number of fused-ring (bicyclic) bond motifs is 1. The van der Waals surface area contributed by atoms with Crippen LogP contribution in [0.1, 0.15) is 32.3 Å². The van der Waals surface area contributed by atoms with Crippen LogP contribution in [0.15, 0.2) is 33.9 Å². The molecule has 0 radical (unpaired) electrons. The SMILES string of the molecule is CCCOc1nc2c(c(=O)n(CCCO)c(=O)n2CC)n1CCc1ccc(Cl)cc1. The number of imidazole rings is 1. The van der Waals surface area contributed by atoms with Gasteiger partial charge in [-0.25, -0.2) is 4.79 Å². The van der Waals surface area contributed by atoms with E-state index in [1.165, 1.54) is 9.13 Å². The van der Waals surface area contributed by atoms with Gasteiger partial charge in [-0.15, -0.1) is 0 Å². The van der Waals surface area contributed by atoms with E-state index in [4.69, 9.17) is 21.4 Å². The number of aliphatic hydroxyl groups excluding tert-OH is 1. The van der Waals surface area contributed by atoms with Gasteiger partial charge < -0.3 is 9.84 Å². The third kappa shape index (κ3) is 4.44. The van der Waals surface area contributed by atoms with Crippen molar-refractivity contribution in [1.82, 2.24) is 18.7 Å². The standard InChI is InChI=1S/C21H27ClN4O4/c1-3-14-30-20-23-18-17(25(20)12-10-15-6-8-16(22)9-7-15)19(28)26(11-5-13-27)21(29)24(18)4-2/h6-9,27H,3-5,10-14H2,1-2H3. The summed E-state index contributed by atoms with van der Waals surface area (Å²) in [6.07, 6.45) is 1.76. The summed E-state index contributed by atoms with van der Waals surface area (Å²) in [5.41, 5.74) is 0.896. The number of hydrogen-bond donors (Lipinski definition) is 1. The second-order valence-electron chi connectivity index (χ2n) is 7.00. The van der Waals surface area contributed by atoms with Crippen LogP contribution in [-0.4, -0.2) is 37.0 Å². The van der Waals surface area contributed by atoms with E-state index in [-0.39, 0.29) is 13.2 Å². The highest BCUT2D eigenvalue weighted by atomic mass is 35.5. The van der Waals surface area contributed by atoms with Crippen molar-refractivity contribution in [2.24, 2.45) is 0 Å². The summed E-state index contributed by atoms with van der Waals surface area (Å²) in [7, 11) is 0. The van der Waals surface area contributed by atoms with Gasteiger partial charge in [-0.05, 0) is 43.9 Å². The predicted molar refractivity (Wildman–Crippen MR) is 117 cm³/mol. The largest absolute Gasteiger partial charge is 0.465 e. The molecule has 0 fully saturated rings. The van der Waals surface area contributed by atoms with Crippen LogP contribution in [0.4, 0.5) is 0 Å². The maximum absolute atomic E-state index is 13.2. The van der Waals surface area contributed by atoms with E-state index in [0.717, 1.165) is 12.0 Å². The van der Waals surface area contributed by atoms with Crippen LogP contribution in [0.25, 0.3) is 11.2 Å². The molecule has 3 aromatic rings. The van der Waals surface area contributed by atoms with Gasteiger partial charge in [0.25, 0.3) is 11.6 Å². The summed E-state index contributed by atoms with van der Waals surface area (Å²) in [4.78, 5) is 30.6. The van der Waals surface area contributed by atoms with Crippen molar-refractivity contribution in [3.05, 3.63) is 55.7 Å². The van der Waals surface area contributed by atoms with E-state index < -0.39 is 11.2 Å². The lowest BCUT2D eigenvalue weighted by Gasteiger charge is -2.12. The first-order chi connectivity index (χ1) is 14.5. The van der Waals surface area contributed by atoms with Crippen LogP contribution in [0.5, 0.6) is 6.01 Å². The normalized spacial score (nSPS) is 11.3. The van der Waals surface area contributed by atoms with Crippen molar-refractivity contribution in [2.45, 2.75) is 52.7 Å². The molecule has 162 valence electrons. The smallest absolute Gasteiger partial charge is 0.332 e. The fraction of sp³-hybridized carbons (Fsp3) is 0.476. The van der Waals surface area contributed by atoms with Gasteiger partial charge in [-0.1, -0.05) is 30.7 Å². The monoisotopic (exact) mass is 434 g/mol. The Balaban J connectivity index is 2.14. The van der Waals surface area contributed by atoms with E-state index in [1.54, 1.807) is 4.57 Å². The van der Waals surface area contributed by atoms with Crippen LogP contribution < -0.4 is 16.0 Å². The molecule has 2 aromatic heterocycles. The number of aromatic nitrogens is 4. The Morgan fingerprint density at radius 3 is 2.43 bits per heavy atom. The third-order valence-corrected chi connectivity index (χ3v) is 5.16. The summed E-state index contributed by atoms with van der Waals surface area (Å²) in [5, 5.41) is 9.83. The van der Waals surface area contributed by atoms with Gasteiger partial charge in [0.15, 0.2) is 11.2 Å². The minimum atomic E-state index is -0.423. The van der Waals surface area contributed by atoms with Gasteiger partial charge >= 0.3 is 5.69 Å². The molecule has 0 spiro atoms. The summed E-state index contributed by atoms with van der Waals surface area (Å²) in [6, 6.07) is 7.87. The molecule has 8 nitrogen and oxygen atoms in total. The molecule has 3 rings (SSSR count). The van der Waals surface area contributed by atoms with Crippen molar-refractivity contribution in [3.63, 3.8) is 0 Å². The van der Waals surface area contributed by atoms with Crippen molar-refractivity contribution in [3.8, 4) is 6.01 Å². The van der Waals surface area contributed by atoms with E-state index in [9.17, 15) is 9.59 Å². The molecule has 30 heavy (non-hydrogen) atoms. The minimum Gasteiger partial charge on any atom is -0.465 e. The molecule has 2 heterocycles. The first kappa shape index (κ1) is 22.1. The molecule has 9 heteroatoms. The topological polar surface area (TPSA) is 91.3 Å². The number of rotatable bonds is 10. The van der Waals surface area contributed by atoms with E-state index in [1.807, 2.05) is 38.1 Å². The molecule has 0 unspecified atom stereocenters. The van der Waals surface area contributed by atoms with Gasteiger partial charge in [0.05, 0.1) is 6.61 Å². The van der Waals surface area contributed by atoms with Crippen molar-refractivity contribution in [1.29, 1.82) is 0 Å². The van der Waals surface area contributed by atoms with Crippen molar-refractivity contribution < 1.29 is 9.84 Å². The quantitative estimate of drug-likeness (QED) is 0.529. The second-order valence-corrected chi connectivity index (χ2v) is 7.44. The zero-order valence-electron chi connectivity index (χ0n) is 17.3. The lowest BCUT2D eigenvalue weighted by Crippen LogP contribution is -2.40. The average Bonchev–Trinajstić information content (AvgIpc) is 3.10. The van der Waals surface area contributed by atoms with Crippen LogP contribution in [0, 0.1) is 0 Å². The second kappa shape index (κ2) is 9.95. The van der Waals surface area contributed by atoms with Gasteiger partial charge in [-0.3, -0.25) is 18.5 Å². The molecular weight excluding hydrogens is 408 g/mol. The molecule has 0 atom stereocenters. The third-order valence-electron chi connectivity index (χ3n) is 4.91. The number of nitrogens with zero attached hydrogens (tertiary/aromatic N) is 4. The lowest BCUT2D eigenvalue weighted by molar-refractivity contribution is 0.277. The zero-order chi connectivity index (χ0) is 21.7. The zero-order valence-corrected chi connectivity index (χ0v) is 18.1. The van der Waals surface area contributed by atoms with Gasteiger partial charge in [0.2, 0.25) is 0 Å². The Morgan fingerprint density at radius 2 is 1.80 bits per heavy atom. The average molecular weight is 435 g/mol.